The zero-order valence-corrected chi connectivity index (χ0v) is 15.4. The van der Waals surface area contributed by atoms with Crippen molar-refractivity contribution in [2.45, 2.75) is 12.8 Å². The number of carboxylic acid groups (broad SMARTS) is 1. The van der Waals surface area contributed by atoms with Gasteiger partial charge in [0.25, 0.3) is 11.8 Å². The number of carbonyl (C=O) groups excluding carboxylic acids is 3. The summed E-state index contributed by atoms with van der Waals surface area (Å²) in [5.74, 6) is -1.59. The van der Waals surface area contributed by atoms with Gasteiger partial charge in [0.1, 0.15) is 11.5 Å². The molecule has 1 aromatic heterocycles. The van der Waals surface area contributed by atoms with Crippen LogP contribution in [0.4, 0.5) is 0 Å². The van der Waals surface area contributed by atoms with Crippen molar-refractivity contribution in [1.82, 2.24) is 5.01 Å². The van der Waals surface area contributed by atoms with Crippen molar-refractivity contribution >= 4 is 24.0 Å². The first-order valence-corrected chi connectivity index (χ1v) is 9.55. The van der Waals surface area contributed by atoms with Crippen LogP contribution < -0.4 is 5.11 Å². The van der Waals surface area contributed by atoms with E-state index in [0.717, 1.165) is 17.9 Å². The van der Waals surface area contributed by atoms with Crippen LogP contribution in [0.1, 0.15) is 29.0 Å². The molecule has 4 aliphatic rings. The summed E-state index contributed by atoms with van der Waals surface area (Å²) >= 11 is 0. The summed E-state index contributed by atoms with van der Waals surface area (Å²) in [6.45, 7) is 0. The van der Waals surface area contributed by atoms with Crippen LogP contribution in [0, 0.1) is 23.7 Å². The smallest absolute Gasteiger partial charge is 0.254 e. The molecule has 146 valence electrons. The number of rotatable bonds is 4. The van der Waals surface area contributed by atoms with Gasteiger partial charge in [0.15, 0.2) is 0 Å². The Kier molecular flexibility index (Phi) is 3.97. The predicted molar refractivity (Wildman–Crippen MR) is 100 cm³/mol. The minimum atomic E-state index is -1.30. The molecule has 2 aromatic rings. The van der Waals surface area contributed by atoms with Gasteiger partial charge in [0.2, 0.25) is 0 Å². The number of hydrogen-bond acceptors (Lipinski definition) is 6. The normalized spacial score (nSPS) is 27.8. The van der Waals surface area contributed by atoms with E-state index in [1.165, 1.54) is 12.3 Å². The van der Waals surface area contributed by atoms with Gasteiger partial charge >= 0.3 is 0 Å². The van der Waals surface area contributed by atoms with Crippen molar-refractivity contribution in [2.24, 2.45) is 28.8 Å². The van der Waals surface area contributed by atoms with Crippen LogP contribution in [-0.2, 0) is 9.59 Å². The molecule has 1 aliphatic heterocycles. The van der Waals surface area contributed by atoms with Gasteiger partial charge in [-0.15, -0.1) is 0 Å². The maximum Gasteiger partial charge on any atom is 0.254 e. The fourth-order valence-corrected chi connectivity index (χ4v) is 4.73. The number of carbonyl (C=O) groups is 3. The minimum Gasteiger partial charge on any atom is -0.545 e. The molecular weight excluding hydrogens is 372 g/mol. The molecule has 0 unspecified atom stereocenters. The Bertz CT molecular complexity index is 1050. The summed E-state index contributed by atoms with van der Waals surface area (Å²) in [6, 6.07) is 9.57. The molecule has 0 spiro atoms. The lowest BCUT2D eigenvalue weighted by Gasteiger charge is -2.37. The highest BCUT2D eigenvalue weighted by molar-refractivity contribution is 6.06. The van der Waals surface area contributed by atoms with Crippen molar-refractivity contribution < 1.29 is 23.9 Å². The Balaban J connectivity index is 1.39. The number of furan rings is 1. The monoisotopic (exact) mass is 389 g/mol. The van der Waals surface area contributed by atoms with Gasteiger partial charge in [-0.1, -0.05) is 36.4 Å². The van der Waals surface area contributed by atoms with Gasteiger partial charge in [-0.25, -0.2) is 0 Å². The van der Waals surface area contributed by atoms with Crippen LogP contribution >= 0.6 is 0 Å². The maximum absolute atomic E-state index is 12.8. The lowest BCUT2D eigenvalue weighted by molar-refractivity contribution is -0.255. The molecule has 29 heavy (non-hydrogen) atoms. The summed E-state index contributed by atoms with van der Waals surface area (Å²) < 4.78 is 5.66. The van der Waals surface area contributed by atoms with Gasteiger partial charge in [-0.2, -0.15) is 10.1 Å². The number of allylic oxidation sites excluding steroid dienone is 2. The number of benzene rings is 1. The van der Waals surface area contributed by atoms with E-state index in [2.05, 4.69) is 17.3 Å². The topological polar surface area (TPSA) is 103 Å². The van der Waals surface area contributed by atoms with Gasteiger partial charge in [-0.05, 0) is 36.8 Å². The van der Waals surface area contributed by atoms with Crippen LogP contribution in [0.25, 0.3) is 11.3 Å². The Labute approximate surface area is 166 Å². The Morgan fingerprint density at radius 2 is 1.69 bits per heavy atom. The van der Waals surface area contributed by atoms with E-state index in [0.29, 0.717) is 17.1 Å². The zero-order chi connectivity index (χ0) is 20.1. The minimum absolute atomic E-state index is 0.0160. The van der Waals surface area contributed by atoms with Crippen molar-refractivity contribution in [2.75, 3.05) is 0 Å². The van der Waals surface area contributed by atoms with Crippen molar-refractivity contribution in [3.8, 4) is 11.3 Å². The summed E-state index contributed by atoms with van der Waals surface area (Å²) in [5, 5.41) is 16.4. The van der Waals surface area contributed by atoms with E-state index in [-0.39, 0.29) is 41.0 Å². The largest absolute Gasteiger partial charge is 0.545 e. The molecule has 0 N–H and O–H groups in total. The molecule has 7 heteroatoms. The number of nitrogens with zero attached hydrogens (tertiary/aromatic N) is 2. The van der Waals surface area contributed by atoms with Gasteiger partial charge in [0, 0.05) is 11.1 Å². The van der Waals surface area contributed by atoms with Gasteiger partial charge in [-0.3, -0.25) is 9.59 Å². The fraction of sp³-hybridized carbons (Fsp3) is 0.273. The zero-order valence-electron chi connectivity index (χ0n) is 15.4. The Morgan fingerprint density at radius 1 is 1.03 bits per heavy atom. The molecule has 1 saturated heterocycles. The molecule has 2 bridgehead atoms. The molecular formula is C22H17N2O5-. The van der Waals surface area contributed by atoms with Crippen LogP contribution in [-0.4, -0.2) is 29.0 Å². The molecule has 1 saturated carbocycles. The highest BCUT2D eigenvalue weighted by Crippen LogP contribution is 2.49. The number of amides is 2. The first kappa shape index (κ1) is 17.6. The van der Waals surface area contributed by atoms with Crippen molar-refractivity contribution in [3.05, 3.63) is 59.9 Å². The molecule has 1 aromatic carbocycles. The van der Waals surface area contributed by atoms with Gasteiger partial charge < -0.3 is 14.3 Å². The van der Waals surface area contributed by atoms with Crippen LogP contribution in [0.2, 0.25) is 0 Å². The van der Waals surface area contributed by atoms with Crippen LogP contribution in [0.3, 0.4) is 0 Å². The van der Waals surface area contributed by atoms with Crippen molar-refractivity contribution in [1.29, 1.82) is 0 Å². The first-order valence-electron chi connectivity index (χ1n) is 9.55. The third-order valence-corrected chi connectivity index (χ3v) is 6.08. The third-order valence-electron chi connectivity index (χ3n) is 6.08. The Hall–Kier alpha value is -3.48. The standard InChI is InChI=1S/C22H18N2O5/c25-20-18-12-5-6-13(8-7-12)19(18)21(26)24(20)23-11-14-9-10-17(29-14)15-3-1-2-4-16(15)22(27)28/h1-6,9-13,18-19H,7-8H2,(H,27,28)/p-1/b23-11-/t12-,13+,18-,19-/m0/s1. The lowest BCUT2D eigenvalue weighted by Crippen LogP contribution is -2.38. The number of hydrazone groups is 1. The molecule has 7 nitrogen and oxygen atoms in total. The van der Waals surface area contributed by atoms with Crippen molar-refractivity contribution in [3.63, 3.8) is 0 Å². The fourth-order valence-electron chi connectivity index (χ4n) is 4.73. The van der Waals surface area contributed by atoms with E-state index >= 15 is 0 Å². The Morgan fingerprint density at radius 3 is 2.31 bits per heavy atom. The number of hydrogen-bond donors (Lipinski definition) is 0. The molecule has 2 fully saturated rings. The summed E-state index contributed by atoms with van der Waals surface area (Å²) in [6.07, 6.45) is 7.28. The van der Waals surface area contributed by atoms with Crippen LogP contribution in [0.5, 0.6) is 0 Å². The second-order valence-corrected chi connectivity index (χ2v) is 7.61. The molecule has 6 rings (SSSR count). The SMILES string of the molecule is O=C([O-])c1ccccc1-c1ccc(/C=N\N2C(=O)[C@@H]3[C@@H](C2=O)[C@H]2C=C[C@@H]3CC2)o1. The van der Waals surface area contributed by atoms with Crippen LogP contribution in [0.15, 0.2) is 58.1 Å². The summed E-state index contributed by atoms with van der Waals surface area (Å²) in [7, 11) is 0. The third kappa shape index (κ3) is 2.73. The number of carboxylic acids is 1. The predicted octanol–water partition coefficient (Wildman–Crippen LogP) is 1.84. The second-order valence-electron chi connectivity index (χ2n) is 7.61. The van der Waals surface area contributed by atoms with E-state index in [9.17, 15) is 19.5 Å². The molecule has 2 heterocycles. The van der Waals surface area contributed by atoms with E-state index in [1.807, 2.05) is 0 Å². The number of aromatic carboxylic acids is 1. The summed E-state index contributed by atoms with van der Waals surface area (Å²) in [5.41, 5.74) is 0.399. The molecule has 0 radical (unpaired) electrons. The highest BCUT2D eigenvalue weighted by Gasteiger charge is 2.56. The van der Waals surface area contributed by atoms with E-state index in [4.69, 9.17) is 4.42 Å². The molecule has 4 atom stereocenters. The van der Waals surface area contributed by atoms with Gasteiger partial charge in [0.05, 0.1) is 24.0 Å². The quantitative estimate of drug-likeness (QED) is 0.451. The molecule has 2 amide bonds. The first-order chi connectivity index (χ1) is 14.0. The maximum atomic E-state index is 12.8. The average Bonchev–Trinajstić information content (AvgIpc) is 3.32. The number of fused-ring (bicyclic) bond motifs is 1. The average molecular weight is 389 g/mol. The number of imide groups is 1. The second kappa shape index (κ2) is 6.55. The summed E-state index contributed by atoms with van der Waals surface area (Å²) in [4.78, 5) is 36.8. The molecule has 3 aliphatic carbocycles. The van der Waals surface area contributed by atoms with E-state index in [1.54, 1.807) is 30.3 Å². The van der Waals surface area contributed by atoms with E-state index < -0.39 is 5.97 Å². The lowest BCUT2D eigenvalue weighted by atomic mass is 9.63. The highest BCUT2D eigenvalue weighted by atomic mass is 16.4.